The van der Waals surface area contributed by atoms with Gasteiger partial charge in [-0.15, -0.1) is 0 Å². The molecule has 1 unspecified atom stereocenters. The second-order valence-corrected chi connectivity index (χ2v) is 8.84. The normalized spacial score (nSPS) is 16.9. The van der Waals surface area contributed by atoms with Crippen molar-refractivity contribution in [3.05, 3.63) is 89.5 Å². The lowest BCUT2D eigenvalue weighted by Gasteiger charge is -2.26. The minimum Gasteiger partial charge on any atom is -0.507 e. The van der Waals surface area contributed by atoms with Gasteiger partial charge >= 0.3 is 0 Å². The maximum Gasteiger partial charge on any atom is 0.300 e. The van der Waals surface area contributed by atoms with Crippen molar-refractivity contribution in [2.24, 2.45) is 5.92 Å². The Morgan fingerprint density at radius 2 is 1.53 bits per heavy atom. The summed E-state index contributed by atoms with van der Waals surface area (Å²) in [7, 11) is 3.04. The van der Waals surface area contributed by atoms with Crippen LogP contribution in [0.25, 0.3) is 5.76 Å². The Balaban J connectivity index is 1.84. The van der Waals surface area contributed by atoms with Crippen LogP contribution in [0.15, 0.2) is 78.4 Å². The fourth-order valence-corrected chi connectivity index (χ4v) is 4.15. The van der Waals surface area contributed by atoms with Crippen molar-refractivity contribution >= 4 is 23.1 Å². The number of para-hydroxylation sites is 1. The van der Waals surface area contributed by atoms with E-state index < -0.39 is 17.7 Å². The van der Waals surface area contributed by atoms with Crippen molar-refractivity contribution < 1.29 is 28.9 Å². The van der Waals surface area contributed by atoms with Gasteiger partial charge in [-0.25, -0.2) is 0 Å². The van der Waals surface area contributed by atoms with Gasteiger partial charge in [-0.3, -0.25) is 14.5 Å². The van der Waals surface area contributed by atoms with E-state index in [0.717, 1.165) is 0 Å². The predicted molar refractivity (Wildman–Crippen MR) is 138 cm³/mol. The highest BCUT2D eigenvalue weighted by atomic mass is 16.5. The summed E-state index contributed by atoms with van der Waals surface area (Å²) in [4.78, 5) is 28.1. The molecule has 1 aliphatic heterocycles. The number of ether oxygens (including phenoxy) is 3. The number of hydrogen-bond acceptors (Lipinski definition) is 6. The first-order chi connectivity index (χ1) is 17.3. The van der Waals surface area contributed by atoms with E-state index in [2.05, 4.69) is 13.8 Å². The van der Waals surface area contributed by atoms with Crippen molar-refractivity contribution in [3.8, 4) is 17.2 Å². The molecule has 0 aromatic heterocycles. The lowest BCUT2D eigenvalue weighted by molar-refractivity contribution is -0.132. The smallest absolute Gasteiger partial charge is 0.300 e. The summed E-state index contributed by atoms with van der Waals surface area (Å²) in [5, 5.41) is 11.3. The number of anilines is 1. The second kappa shape index (κ2) is 10.6. The zero-order valence-electron chi connectivity index (χ0n) is 20.7. The second-order valence-electron chi connectivity index (χ2n) is 8.84. The Hall–Kier alpha value is -4.26. The third-order valence-corrected chi connectivity index (χ3v) is 5.94. The fraction of sp³-hybridized carbons (Fsp3) is 0.241. The number of hydrogen-bond donors (Lipinski definition) is 1. The highest BCUT2D eigenvalue weighted by Gasteiger charge is 2.47. The summed E-state index contributed by atoms with van der Waals surface area (Å²) in [6.45, 7) is 4.68. The third-order valence-electron chi connectivity index (χ3n) is 5.94. The number of aliphatic hydroxyl groups excluding tert-OH is 1. The molecule has 1 heterocycles. The SMILES string of the molecule is COc1ccc(C2/C(=C(/O)c3ccccc3OC)C(=O)C(=O)N2c2ccc(OCC(C)C)cc2)cc1. The molecule has 0 aliphatic carbocycles. The number of benzene rings is 3. The molecule has 0 spiro atoms. The highest BCUT2D eigenvalue weighted by molar-refractivity contribution is 6.51. The first-order valence-electron chi connectivity index (χ1n) is 11.7. The number of amides is 1. The molecular formula is C29H29NO6. The summed E-state index contributed by atoms with van der Waals surface area (Å²) >= 11 is 0. The van der Waals surface area contributed by atoms with E-state index >= 15 is 0 Å². The fourth-order valence-electron chi connectivity index (χ4n) is 4.15. The van der Waals surface area contributed by atoms with Crippen LogP contribution in [0.1, 0.15) is 31.0 Å². The maximum absolute atomic E-state index is 13.4. The molecule has 1 saturated heterocycles. The van der Waals surface area contributed by atoms with E-state index in [0.29, 0.717) is 46.6 Å². The van der Waals surface area contributed by atoms with Crippen LogP contribution in [-0.2, 0) is 9.59 Å². The molecule has 1 aliphatic rings. The molecule has 7 heteroatoms. The van der Waals surface area contributed by atoms with E-state index in [1.54, 1.807) is 79.9 Å². The number of carbonyl (C=O) groups is 2. The van der Waals surface area contributed by atoms with E-state index in [4.69, 9.17) is 14.2 Å². The number of ketones is 1. The molecule has 3 aromatic rings. The molecule has 0 saturated carbocycles. The lowest BCUT2D eigenvalue weighted by Crippen LogP contribution is -2.29. The number of nitrogens with zero attached hydrogens (tertiary/aromatic N) is 1. The zero-order valence-corrected chi connectivity index (χ0v) is 20.7. The largest absolute Gasteiger partial charge is 0.507 e. The minimum atomic E-state index is -0.858. The Morgan fingerprint density at radius 1 is 0.889 bits per heavy atom. The molecule has 1 amide bonds. The maximum atomic E-state index is 13.4. The lowest BCUT2D eigenvalue weighted by atomic mass is 9.94. The summed E-state index contributed by atoms with van der Waals surface area (Å²) in [6.07, 6.45) is 0. The molecule has 3 aromatic carbocycles. The van der Waals surface area contributed by atoms with Gasteiger partial charge in [0.15, 0.2) is 0 Å². The van der Waals surface area contributed by atoms with Crippen molar-refractivity contribution in [1.29, 1.82) is 0 Å². The van der Waals surface area contributed by atoms with E-state index in [-0.39, 0.29) is 11.3 Å². The molecule has 1 atom stereocenters. The van der Waals surface area contributed by atoms with Crippen LogP contribution in [0.4, 0.5) is 5.69 Å². The predicted octanol–water partition coefficient (Wildman–Crippen LogP) is 5.36. The average Bonchev–Trinajstić information content (AvgIpc) is 3.17. The Morgan fingerprint density at radius 3 is 2.14 bits per heavy atom. The van der Waals surface area contributed by atoms with Gasteiger partial charge < -0.3 is 19.3 Å². The molecule has 36 heavy (non-hydrogen) atoms. The van der Waals surface area contributed by atoms with Gasteiger partial charge in [0.1, 0.15) is 23.0 Å². The van der Waals surface area contributed by atoms with Gasteiger partial charge in [0.25, 0.3) is 11.7 Å². The Kier molecular flexibility index (Phi) is 7.29. The summed E-state index contributed by atoms with van der Waals surface area (Å²) in [5.74, 6) is 0.244. The standard InChI is InChI=1S/C29H29NO6/c1-18(2)17-36-22-15-11-20(12-16-22)30-26(19-9-13-21(34-3)14-10-19)25(28(32)29(30)33)27(31)23-7-5-6-8-24(23)35-4/h5-16,18,26,31H,17H2,1-4H3/b27-25-. The van der Waals surface area contributed by atoms with Crippen LogP contribution in [0.3, 0.4) is 0 Å². The summed E-state index contributed by atoms with van der Waals surface area (Å²) in [5.41, 5.74) is 1.46. The summed E-state index contributed by atoms with van der Waals surface area (Å²) in [6, 6.07) is 20.0. The molecular weight excluding hydrogens is 458 g/mol. The topological polar surface area (TPSA) is 85.3 Å². The molecule has 1 N–H and O–H groups in total. The molecule has 0 bridgehead atoms. The van der Waals surface area contributed by atoms with Crippen LogP contribution < -0.4 is 19.1 Å². The first kappa shape index (κ1) is 24.9. The third kappa shape index (κ3) is 4.77. The number of Topliss-reactive ketones (excluding diaryl/α,β-unsaturated/α-hetero) is 1. The van der Waals surface area contributed by atoms with Crippen molar-refractivity contribution in [2.45, 2.75) is 19.9 Å². The van der Waals surface area contributed by atoms with Gasteiger partial charge in [-0.1, -0.05) is 38.1 Å². The Bertz CT molecular complexity index is 1280. The molecule has 0 radical (unpaired) electrons. The van der Waals surface area contributed by atoms with E-state index in [1.165, 1.54) is 12.0 Å². The van der Waals surface area contributed by atoms with Crippen LogP contribution >= 0.6 is 0 Å². The van der Waals surface area contributed by atoms with Gasteiger partial charge in [-0.2, -0.15) is 0 Å². The van der Waals surface area contributed by atoms with Crippen LogP contribution in [0.2, 0.25) is 0 Å². The van der Waals surface area contributed by atoms with Crippen molar-refractivity contribution in [3.63, 3.8) is 0 Å². The average molecular weight is 488 g/mol. The Labute approximate surface area is 210 Å². The molecule has 7 nitrogen and oxygen atoms in total. The zero-order chi connectivity index (χ0) is 25.8. The number of aliphatic hydroxyl groups is 1. The van der Waals surface area contributed by atoms with Gasteiger partial charge in [0.05, 0.1) is 38.0 Å². The molecule has 4 rings (SSSR count). The van der Waals surface area contributed by atoms with Crippen molar-refractivity contribution in [2.75, 3.05) is 25.7 Å². The quantitative estimate of drug-likeness (QED) is 0.261. The van der Waals surface area contributed by atoms with Crippen LogP contribution in [0, 0.1) is 5.92 Å². The van der Waals surface area contributed by atoms with Crippen LogP contribution in [-0.4, -0.2) is 37.6 Å². The number of carbonyl (C=O) groups excluding carboxylic acids is 2. The minimum absolute atomic E-state index is 0.0187. The number of rotatable bonds is 8. The summed E-state index contributed by atoms with van der Waals surface area (Å²) < 4.78 is 16.4. The first-order valence-corrected chi connectivity index (χ1v) is 11.7. The van der Waals surface area contributed by atoms with Gasteiger partial charge in [0.2, 0.25) is 0 Å². The van der Waals surface area contributed by atoms with Crippen LogP contribution in [0.5, 0.6) is 17.2 Å². The van der Waals surface area contributed by atoms with Gasteiger partial charge in [0, 0.05) is 5.69 Å². The number of methoxy groups -OCH3 is 2. The van der Waals surface area contributed by atoms with Gasteiger partial charge in [-0.05, 0) is 60.0 Å². The highest BCUT2D eigenvalue weighted by Crippen LogP contribution is 2.43. The van der Waals surface area contributed by atoms with Crippen molar-refractivity contribution in [1.82, 2.24) is 0 Å². The monoisotopic (exact) mass is 487 g/mol. The molecule has 1 fully saturated rings. The van der Waals surface area contributed by atoms with E-state index in [1.807, 2.05) is 0 Å². The molecule has 186 valence electrons. The van der Waals surface area contributed by atoms with E-state index in [9.17, 15) is 14.7 Å².